The van der Waals surface area contributed by atoms with Gasteiger partial charge in [0.25, 0.3) is 0 Å². The predicted molar refractivity (Wildman–Crippen MR) is 82.7 cm³/mol. The summed E-state index contributed by atoms with van der Waals surface area (Å²) in [4.78, 5) is 13.3. The molecule has 0 aliphatic heterocycles. The van der Waals surface area contributed by atoms with Crippen molar-refractivity contribution >= 4 is 21.9 Å². The standard InChI is InChI=1S/C16H16BrNO2/c1-18(11-13-7-3-5-9-15(13)17)10-12-6-2-4-8-14(12)16(19)20/h2-9H,10-11H2,1H3,(H,19,20). The summed E-state index contributed by atoms with van der Waals surface area (Å²) in [6.07, 6.45) is 0. The number of rotatable bonds is 5. The summed E-state index contributed by atoms with van der Waals surface area (Å²) in [5, 5.41) is 9.19. The molecule has 0 saturated heterocycles. The SMILES string of the molecule is CN(Cc1ccccc1Br)Cc1ccccc1C(=O)O. The van der Waals surface area contributed by atoms with Crippen molar-refractivity contribution in [2.45, 2.75) is 13.1 Å². The molecule has 0 aromatic heterocycles. The van der Waals surface area contributed by atoms with Gasteiger partial charge in [-0.1, -0.05) is 52.3 Å². The number of nitrogens with zero attached hydrogens (tertiary/aromatic N) is 1. The van der Waals surface area contributed by atoms with Crippen molar-refractivity contribution in [3.8, 4) is 0 Å². The van der Waals surface area contributed by atoms with Gasteiger partial charge in [-0.15, -0.1) is 0 Å². The van der Waals surface area contributed by atoms with Crippen LogP contribution in [0, 0.1) is 0 Å². The number of hydrogen-bond acceptors (Lipinski definition) is 2. The molecule has 0 atom stereocenters. The molecule has 0 fully saturated rings. The van der Waals surface area contributed by atoms with Gasteiger partial charge in [0.1, 0.15) is 0 Å². The van der Waals surface area contributed by atoms with Crippen molar-refractivity contribution in [1.29, 1.82) is 0 Å². The minimum atomic E-state index is -0.880. The van der Waals surface area contributed by atoms with Crippen molar-refractivity contribution in [3.05, 3.63) is 69.7 Å². The summed E-state index contributed by atoms with van der Waals surface area (Å²) in [5.41, 5.74) is 2.38. The first kappa shape index (κ1) is 14.8. The van der Waals surface area contributed by atoms with Crippen molar-refractivity contribution in [2.24, 2.45) is 0 Å². The highest BCUT2D eigenvalue weighted by molar-refractivity contribution is 9.10. The monoisotopic (exact) mass is 333 g/mol. The maximum absolute atomic E-state index is 11.2. The van der Waals surface area contributed by atoms with Crippen LogP contribution in [0.4, 0.5) is 0 Å². The van der Waals surface area contributed by atoms with Gasteiger partial charge in [0, 0.05) is 17.6 Å². The lowest BCUT2D eigenvalue weighted by molar-refractivity contribution is 0.0694. The molecule has 3 nitrogen and oxygen atoms in total. The number of carboxylic acid groups (broad SMARTS) is 1. The summed E-state index contributed by atoms with van der Waals surface area (Å²) in [6.45, 7) is 1.36. The van der Waals surface area contributed by atoms with Crippen molar-refractivity contribution < 1.29 is 9.90 Å². The first-order valence-corrected chi connectivity index (χ1v) is 7.10. The molecule has 4 heteroatoms. The van der Waals surface area contributed by atoms with Gasteiger partial charge in [-0.3, -0.25) is 4.90 Å². The Labute approximate surface area is 127 Å². The quantitative estimate of drug-likeness (QED) is 0.905. The first-order valence-electron chi connectivity index (χ1n) is 6.31. The Hall–Kier alpha value is -1.65. The summed E-state index contributed by atoms with van der Waals surface area (Å²) in [7, 11) is 1.98. The van der Waals surface area contributed by atoms with Crippen LogP contribution < -0.4 is 0 Å². The average molecular weight is 334 g/mol. The zero-order valence-corrected chi connectivity index (χ0v) is 12.8. The molecular weight excluding hydrogens is 318 g/mol. The van der Waals surface area contributed by atoms with Crippen LogP contribution in [0.25, 0.3) is 0 Å². The van der Waals surface area contributed by atoms with E-state index in [1.165, 1.54) is 5.56 Å². The van der Waals surface area contributed by atoms with Crippen LogP contribution in [-0.4, -0.2) is 23.0 Å². The molecule has 0 heterocycles. The molecule has 1 N–H and O–H groups in total. The van der Waals surface area contributed by atoms with Crippen LogP contribution in [0.15, 0.2) is 53.0 Å². The van der Waals surface area contributed by atoms with Gasteiger partial charge in [-0.25, -0.2) is 4.79 Å². The third kappa shape index (κ3) is 3.68. The molecule has 104 valence electrons. The van der Waals surface area contributed by atoms with E-state index in [4.69, 9.17) is 0 Å². The number of benzene rings is 2. The normalized spacial score (nSPS) is 10.8. The van der Waals surface area contributed by atoms with Crippen LogP contribution >= 0.6 is 15.9 Å². The van der Waals surface area contributed by atoms with E-state index < -0.39 is 5.97 Å². The van der Waals surface area contributed by atoms with E-state index in [9.17, 15) is 9.90 Å². The van der Waals surface area contributed by atoms with Gasteiger partial charge in [0.05, 0.1) is 5.56 Å². The summed E-state index contributed by atoms with van der Waals surface area (Å²) in [5.74, 6) is -0.880. The van der Waals surface area contributed by atoms with Crippen molar-refractivity contribution in [1.82, 2.24) is 4.90 Å². The van der Waals surface area contributed by atoms with Crippen LogP contribution in [0.2, 0.25) is 0 Å². The van der Waals surface area contributed by atoms with Gasteiger partial charge in [0.2, 0.25) is 0 Å². The van der Waals surface area contributed by atoms with E-state index in [0.717, 1.165) is 16.6 Å². The molecule has 0 aliphatic rings. The molecule has 0 amide bonds. The zero-order chi connectivity index (χ0) is 14.5. The number of hydrogen-bond donors (Lipinski definition) is 1. The van der Waals surface area contributed by atoms with E-state index >= 15 is 0 Å². The highest BCUT2D eigenvalue weighted by Crippen LogP contribution is 2.19. The Morgan fingerprint density at radius 3 is 2.25 bits per heavy atom. The molecule has 0 spiro atoms. The summed E-state index contributed by atoms with van der Waals surface area (Å²) in [6, 6.07) is 15.2. The third-order valence-corrected chi connectivity index (χ3v) is 3.86. The minimum absolute atomic E-state index is 0.367. The van der Waals surface area contributed by atoms with Gasteiger partial charge in [0.15, 0.2) is 0 Å². The fourth-order valence-corrected chi connectivity index (χ4v) is 2.54. The molecule has 0 saturated carbocycles. The van der Waals surface area contributed by atoms with Crippen molar-refractivity contribution in [2.75, 3.05) is 7.05 Å². The predicted octanol–water partition coefficient (Wildman–Crippen LogP) is 3.78. The van der Waals surface area contributed by atoms with Gasteiger partial charge in [-0.05, 0) is 30.3 Å². The number of halogens is 1. The molecule has 2 aromatic rings. The van der Waals surface area contributed by atoms with Crippen LogP contribution in [0.3, 0.4) is 0 Å². The smallest absolute Gasteiger partial charge is 0.336 e. The Bertz CT molecular complexity index is 613. The number of aromatic carboxylic acids is 1. The van der Waals surface area contributed by atoms with E-state index in [1.807, 2.05) is 37.4 Å². The van der Waals surface area contributed by atoms with Gasteiger partial charge < -0.3 is 5.11 Å². The second-order valence-corrected chi connectivity index (χ2v) is 5.58. The van der Waals surface area contributed by atoms with Crippen LogP contribution in [0.5, 0.6) is 0 Å². The van der Waals surface area contributed by atoms with E-state index in [0.29, 0.717) is 12.1 Å². The number of carboxylic acids is 1. The van der Waals surface area contributed by atoms with Gasteiger partial charge >= 0.3 is 5.97 Å². The van der Waals surface area contributed by atoms with Crippen LogP contribution in [-0.2, 0) is 13.1 Å². The maximum Gasteiger partial charge on any atom is 0.336 e. The molecule has 2 aromatic carbocycles. The average Bonchev–Trinajstić information content (AvgIpc) is 2.41. The lowest BCUT2D eigenvalue weighted by atomic mass is 10.1. The fraction of sp³-hybridized carbons (Fsp3) is 0.188. The van der Waals surface area contributed by atoms with E-state index in [-0.39, 0.29) is 0 Å². The minimum Gasteiger partial charge on any atom is -0.478 e. The topological polar surface area (TPSA) is 40.5 Å². The molecule has 0 aliphatic carbocycles. The molecule has 20 heavy (non-hydrogen) atoms. The highest BCUT2D eigenvalue weighted by Gasteiger charge is 2.11. The first-order chi connectivity index (χ1) is 9.58. The molecular formula is C16H16BrNO2. The fourth-order valence-electron chi connectivity index (χ4n) is 2.13. The molecule has 2 rings (SSSR count). The summed E-state index contributed by atoms with van der Waals surface area (Å²) >= 11 is 3.53. The lowest BCUT2D eigenvalue weighted by Crippen LogP contribution is -2.19. The zero-order valence-electron chi connectivity index (χ0n) is 11.2. The Balaban J connectivity index is 2.11. The Kier molecular flexibility index (Phi) is 4.93. The summed E-state index contributed by atoms with van der Waals surface area (Å²) < 4.78 is 1.07. The third-order valence-electron chi connectivity index (χ3n) is 3.09. The second kappa shape index (κ2) is 6.68. The van der Waals surface area contributed by atoms with E-state index in [1.54, 1.807) is 12.1 Å². The number of carbonyl (C=O) groups is 1. The van der Waals surface area contributed by atoms with Crippen molar-refractivity contribution in [3.63, 3.8) is 0 Å². The van der Waals surface area contributed by atoms with Gasteiger partial charge in [-0.2, -0.15) is 0 Å². The largest absolute Gasteiger partial charge is 0.478 e. The van der Waals surface area contributed by atoms with E-state index in [2.05, 4.69) is 26.9 Å². The van der Waals surface area contributed by atoms with Crippen LogP contribution in [0.1, 0.15) is 21.5 Å². The lowest BCUT2D eigenvalue weighted by Gasteiger charge is -2.18. The highest BCUT2D eigenvalue weighted by atomic mass is 79.9. The molecule has 0 unspecified atom stereocenters. The molecule has 0 radical (unpaired) electrons. The molecule has 0 bridgehead atoms. The Morgan fingerprint density at radius 1 is 1.05 bits per heavy atom. The Morgan fingerprint density at radius 2 is 1.60 bits per heavy atom. The maximum atomic E-state index is 11.2. The second-order valence-electron chi connectivity index (χ2n) is 4.73.